The lowest BCUT2D eigenvalue weighted by atomic mass is 10.0. The van der Waals surface area contributed by atoms with Gasteiger partial charge in [0.05, 0.1) is 5.02 Å². The summed E-state index contributed by atoms with van der Waals surface area (Å²) in [5.41, 5.74) is 4.44. The van der Waals surface area contributed by atoms with Crippen molar-refractivity contribution in [2.75, 3.05) is 5.32 Å². The number of amides is 1. The predicted octanol–water partition coefficient (Wildman–Crippen LogP) is 6.15. The van der Waals surface area contributed by atoms with Gasteiger partial charge in [-0.1, -0.05) is 83.5 Å². The van der Waals surface area contributed by atoms with Crippen LogP contribution >= 0.6 is 11.6 Å². The van der Waals surface area contributed by atoms with Crippen molar-refractivity contribution in [3.8, 4) is 11.3 Å². The number of para-hydroxylation sites is 1. The summed E-state index contributed by atoms with van der Waals surface area (Å²) < 4.78 is 5.32. The Bertz CT molecular complexity index is 1150. The molecule has 4 aromatic rings. The summed E-state index contributed by atoms with van der Waals surface area (Å²) in [5.74, 6) is 0.164. The molecular formula is C24H19ClN2O2. The van der Waals surface area contributed by atoms with Gasteiger partial charge in [-0.15, -0.1) is 0 Å². The molecule has 0 unspecified atom stereocenters. The second kappa shape index (κ2) is 8.33. The van der Waals surface area contributed by atoms with Gasteiger partial charge in [0.15, 0.2) is 0 Å². The second-order valence-corrected chi connectivity index (χ2v) is 7.12. The number of carbonyl (C=O) groups is 1. The molecular weight excluding hydrogens is 384 g/mol. The van der Waals surface area contributed by atoms with E-state index >= 15 is 0 Å². The molecule has 0 aliphatic heterocycles. The molecule has 0 aliphatic rings. The van der Waals surface area contributed by atoms with E-state index in [2.05, 4.69) is 22.6 Å². The maximum atomic E-state index is 13.2. The molecule has 4 nitrogen and oxygen atoms in total. The highest BCUT2D eigenvalue weighted by Gasteiger charge is 2.23. The summed E-state index contributed by atoms with van der Waals surface area (Å²) >= 11 is 6.31. The molecule has 5 heteroatoms. The summed E-state index contributed by atoms with van der Waals surface area (Å²) in [7, 11) is 0. The van der Waals surface area contributed by atoms with Gasteiger partial charge in [0.1, 0.15) is 17.0 Å². The summed E-state index contributed by atoms with van der Waals surface area (Å²) in [4.78, 5) is 13.2. The quantitative estimate of drug-likeness (QED) is 0.435. The molecule has 4 rings (SSSR count). The molecule has 1 aromatic heterocycles. The number of rotatable bonds is 5. The third kappa shape index (κ3) is 4.08. The summed E-state index contributed by atoms with van der Waals surface area (Å²) in [6.07, 6.45) is 0.720. The topological polar surface area (TPSA) is 55.1 Å². The van der Waals surface area contributed by atoms with Gasteiger partial charge in [-0.2, -0.15) is 0 Å². The third-order valence-electron chi connectivity index (χ3n) is 4.72. The monoisotopic (exact) mass is 402 g/mol. The molecule has 0 saturated carbocycles. The first-order valence-electron chi connectivity index (χ1n) is 9.28. The number of halogens is 1. The van der Waals surface area contributed by atoms with Crippen molar-refractivity contribution < 1.29 is 9.32 Å². The summed E-state index contributed by atoms with van der Waals surface area (Å²) in [5, 5.41) is 7.61. The van der Waals surface area contributed by atoms with E-state index in [1.165, 1.54) is 5.56 Å². The zero-order valence-corrected chi connectivity index (χ0v) is 16.6. The Morgan fingerprint density at radius 3 is 2.45 bits per heavy atom. The van der Waals surface area contributed by atoms with Crippen LogP contribution in [-0.2, 0) is 6.42 Å². The van der Waals surface area contributed by atoms with E-state index in [0.717, 1.165) is 17.7 Å². The van der Waals surface area contributed by atoms with Crippen molar-refractivity contribution in [1.82, 2.24) is 5.16 Å². The Hall–Kier alpha value is -3.37. The van der Waals surface area contributed by atoms with Crippen molar-refractivity contribution in [2.45, 2.75) is 13.3 Å². The Morgan fingerprint density at radius 1 is 0.966 bits per heavy atom. The lowest BCUT2D eigenvalue weighted by Crippen LogP contribution is -2.15. The smallest absolute Gasteiger partial charge is 0.261 e. The minimum atomic E-state index is -0.279. The number of hydrogen-bond donors (Lipinski definition) is 1. The fraction of sp³-hybridized carbons (Fsp3) is 0.0833. The van der Waals surface area contributed by atoms with E-state index in [0.29, 0.717) is 27.6 Å². The van der Waals surface area contributed by atoms with Crippen LogP contribution in [0.4, 0.5) is 5.69 Å². The van der Waals surface area contributed by atoms with E-state index in [1.54, 1.807) is 13.0 Å². The lowest BCUT2D eigenvalue weighted by molar-refractivity contribution is 0.102. The summed E-state index contributed by atoms with van der Waals surface area (Å²) in [6, 6.07) is 25.2. The van der Waals surface area contributed by atoms with E-state index in [9.17, 15) is 4.79 Å². The maximum absolute atomic E-state index is 13.2. The highest BCUT2D eigenvalue weighted by atomic mass is 35.5. The molecule has 0 radical (unpaired) electrons. The van der Waals surface area contributed by atoms with Crippen molar-refractivity contribution in [3.05, 3.63) is 106 Å². The van der Waals surface area contributed by atoms with Gasteiger partial charge < -0.3 is 9.84 Å². The average molecular weight is 403 g/mol. The largest absolute Gasteiger partial charge is 0.360 e. The van der Waals surface area contributed by atoms with Crippen LogP contribution in [-0.4, -0.2) is 11.1 Å². The van der Waals surface area contributed by atoms with Gasteiger partial charge in [-0.05, 0) is 36.6 Å². The van der Waals surface area contributed by atoms with Gasteiger partial charge in [0.2, 0.25) is 0 Å². The molecule has 0 aliphatic carbocycles. The van der Waals surface area contributed by atoms with E-state index in [-0.39, 0.29) is 5.91 Å². The number of aromatic nitrogens is 1. The van der Waals surface area contributed by atoms with Crippen molar-refractivity contribution in [2.24, 2.45) is 0 Å². The second-order valence-electron chi connectivity index (χ2n) is 6.72. The minimum absolute atomic E-state index is 0.279. The van der Waals surface area contributed by atoms with Crippen LogP contribution in [0.3, 0.4) is 0 Å². The van der Waals surface area contributed by atoms with Gasteiger partial charge in [-0.25, -0.2) is 0 Å². The highest BCUT2D eigenvalue weighted by Crippen LogP contribution is 2.31. The van der Waals surface area contributed by atoms with Crippen molar-refractivity contribution in [1.29, 1.82) is 0 Å². The van der Waals surface area contributed by atoms with Crippen LogP contribution in [0.1, 0.15) is 27.2 Å². The minimum Gasteiger partial charge on any atom is -0.360 e. The zero-order chi connectivity index (χ0) is 20.2. The molecule has 0 spiro atoms. The number of anilines is 1. The fourth-order valence-corrected chi connectivity index (χ4v) is 3.50. The van der Waals surface area contributed by atoms with Crippen LogP contribution in [0, 0.1) is 6.92 Å². The van der Waals surface area contributed by atoms with E-state index in [4.69, 9.17) is 16.1 Å². The molecule has 0 bridgehead atoms. The predicted molar refractivity (Wildman–Crippen MR) is 115 cm³/mol. The Labute approximate surface area is 174 Å². The third-order valence-corrected chi connectivity index (χ3v) is 5.05. The van der Waals surface area contributed by atoms with E-state index < -0.39 is 0 Å². The number of benzene rings is 3. The lowest BCUT2D eigenvalue weighted by Gasteiger charge is -2.12. The Morgan fingerprint density at radius 2 is 1.66 bits per heavy atom. The molecule has 144 valence electrons. The van der Waals surface area contributed by atoms with E-state index in [1.807, 2.05) is 60.7 Å². The fourth-order valence-electron chi connectivity index (χ4n) is 3.27. The molecule has 0 atom stereocenters. The standard InChI is InChI=1S/C24H19ClN2O2/c1-16-22(23(27-29-16)19-12-6-7-13-20(19)25)24(28)26-21-14-8-5-11-18(21)15-17-9-3-2-4-10-17/h2-14H,15H2,1H3,(H,26,28). The number of carbonyl (C=O) groups excluding carboxylic acids is 1. The molecule has 0 saturated heterocycles. The van der Waals surface area contributed by atoms with Crippen LogP contribution < -0.4 is 5.32 Å². The van der Waals surface area contributed by atoms with Crippen LogP contribution in [0.2, 0.25) is 5.02 Å². The molecule has 29 heavy (non-hydrogen) atoms. The molecule has 1 amide bonds. The molecule has 1 N–H and O–H groups in total. The van der Waals surface area contributed by atoms with Crippen LogP contribution in [0.15, 0.2) is 83.4 Å². The number of aryl methyl sites for hydroxylation is 1. The number of hydrogen-bond acceptors (Lipinski definition) is 3. The SMILES string of the molecule is Cc1onc(-c2ccccc2Cl)c1C(=O)Nc1ccccc1Cc1ccccc1. The highest BCUT2D eigenvalue weighted by molar-refractivity contribution is 6.33. The van der Waals surface area contributed by atoms with Gasteiger partial charge in [-0.3, -0.25) is 4.79 Å². The Kier molecular flexibility index (Phi) is 5.45. The number of nitrogens with one attached hydrogen (secondary N) is 1. The maximum Gasteiger partial charge on any atom is 0.261 e. The van der Waals surface area contributed by atoms with Crippen molar-refractivity contribution in [3.63, 3.8) is 0 Å². The van der Waals surface area contributed by atoms with Gasteiger partial charge in [0, 0.05) is 11.3 Å². The first-order chi connectivity index (χ1) is 14.1. The average Bonchev–Trinajstić information content (AvgIpc) is 3.12. The normalized spacial score (nSPS) is 10.7. The van der Waals surface area contributed by atoms with Gasteiger partial charge in [0.25, 0.3) is 5.91 Å². The summed E-state index contributed by atoms with van der Waals surface area (Å²) in [6.45, 7) is 1.72. The van der Waals surface area contributed by atoms with Crippen LogP contribution in [0.25, 0.3) is 11.3 Å². The Balaban J connectivity index is 1.65. The van der Waals surface area contributed by atoms with Crippen LogP contribution in [0.5, 0.6) is 0 Å². The zero-order valence-electron chi connectivity index (χ0n) is 15.9. The first-order valence-corrected chi connectivity index (χ1v) is 9.65. The first kappa shape index (κ1) is 19.0. The number of nitrogens with zero attached hydrogens (tertiary/aromatic N) is 1. The molecule has 0 fully saturated rings. The van der Waals surface area contributed by atoms with Crippen molar-refractivity contribution >= 4 is 23.2 Å². The molecule has 1 heterocycles. The van der Waals surface area contributed by atoms with Gasteiger partial charge >= 0.3 is 0 Å². The molecule has 3 aromatic carbocycles.